The maximum absolute atomic E-state index is 11.7. The van der Waals surface area contributed by atoms with Crippen molar-refractivity contribution in [2.45, 2.75) is 26.4 Å². The van der Waals surface area contributed by atoms with Crippen molar-refractivity contribution in [3.8, 4) is 0 Å². The van der Waals surface area contributed by atoms with E-state index < -0.39 is 6.10 Å². The number of anilines is 1. The van der Waals surface area contributed by atoms with Gasteiger partial charge in [0.1, 0.15) is 6.10 Å². The number of aliphatic hydroxyl groups is 1. The molecule has 15 heavy (non-hydrogen) atoms. The maximum atomic E-state index is 11.7. The van der Waals surface area contributed by atoms with Gasteiger partial charge < -0.3 is 10.0 Å². The molecule has 0 saturated carbocycles. The zero-order valence-corrected chi connectivity index (χ0v) is 9.03. The Morgan fingerprint density at radius 3 is 2.40 bits per heavy atom. The molecule has 1 aliphatic heterocycles. The van der Waals surface area contributed by atoms with Gasteiger partial charge in [-0.05, 0) is 25.0 Å². The topological polar surface area (TPSA) is 40.5 Å². The number of para-hydroxylation sites is 1. The molecule has 3 heteroatoms. The van der Waals surface area contributed by atoms with Crippen molar-refractivity contribution in [3.05, 3.63) is 29.3 Å². The van der Waals surface area contributed by atoms with Crippen LogP contribution < -0.4 is 4.90 Å². The van der Waals surface area contributed by atoms with E-state index in [4.69, 9.17) is 0 Å². The molecule has 0 radical (unpaired) electrons. The highest BCUT2D eigenvalue weighted by atomic mass is 16.3. The van der Waals surface area contributed by atoms with E-state index in [0.717, 1.165) is 16.8 Å². The first-order valence-corrected chi connectivity index (χ1v) is 5.17. The first kappa shape index (κ1) is 10.2. The summed E-state index contributed by atoms with van der Waals surface area (Å²) in [5.74, 6) is -0.174. The number of hydrogen-bond donors (Lipinski definition) is 1. The summed E-state index contributed by atoms with van der Waals surface area (Å²) in [5, 5.41) is 9.42. The lowest BCUT2D eigenvalue weighted by Gasteiger charge is -2.20. The van der Waals surface area contributed by atoms with Crippen LogP contribution in [0.2, 0.25) is 0 Å². The minimum atomic E-state index is -0.816. The van der Waals surface area contributed by atoms with E-state index >= 15 is 0 Å². The number of hydrogen-bond acceptors (Lipinski definition) is 2. The molecule has 1 saturated heterocycles. The first-order valence-electron chi connectivity index (χ1n) is 5.17. The normalized spacial score (nSPS) is 21.1. The van der Waals surface area contributed by atoms with E-state index in [9.17, 15) is 9.90 Å². The summed E-state index contributed by atoms with van der Waals surface area (Å²) < 4.78 is 0. The fraction of sp³-hybridized carbons (Fsp3) is 0.417. The SMILES string of the molecule is Cc1cccc(C)c1N1CCC(O)C1=O. The Kier molecular flexibility index (Phi) is 2.49. The summed E-state index contributed by atoms with van der Waals surface area (Å²) in [6.45, 7) is 4.59. The molecule has 1 fully saturated rings. The van der Waals surface area contributed by atoms with Crippen molar-refractivity contribution in [2.75, 3.05) is 11.4 Å². The van der Waals surface area contributed by atoms with Crippen LogP contribution in [0.15, 0.2) is 18.2 Å². The molecule has 1 aromatic carbocycles. The highest BCUT2D eigenvalue weighted by Gasteiger charge is 2.32. The molecule has 1 unspecified atom stereocenters. The molecule has 80 valence electrons. The van der Waals surface area contributed by atoms with Crippen LogP contribution in [0.25, 0.3) is 0 Å². The predicted octanol–water partition coefficient (Wildman–Crippen LogP) is 1.40. The molecule has 1 heterocycles. The lowest BCUT2D eigenvalue weighted by atomic mass is 10.1. The summed E-state index contributed by atoms with van der Waals surface area (Å²) in [5.41, 5.74) is 3.12. The monoisotopic (exact) mass is 205 g/mol. The summed E-state index contributed by atoms with van der Waals surface area (Å²) in [4.78, 5) is 13.4. The lowest BCUT2D eigenvalue weighted by molar-refractivity contribution is -0.124. The molecule has 1 atom stereocenters. The summed E-state index contributed by atoms with van der Waals surface area (Å²) in [6.07, 6.45) is -0.281. The third-order valence-corrected chi connectivity index (χ3v) is 2.89. The number of aliphatic hydroxyl groups excluding tert-OH is 1. The Balaban J connectivity index is 2.42. The van der Waals surface area contributed by atoms with E-state index in [1.54, 1.807) is 4.90 Å². The summed E-state index contributed by atoms with van der Waals surface area (Å²) >= 11 is 0. The molecule has 0 aliphatic carbocycles. The van der Waals surface area contributed by atoms with Gasteiger partial charge >= 0.3 is 0 Å². The van der Waals surface area contributed by atoms with Gasteiger partial charge in [0.15, 0.2) is 0 Å². The highest BCUT2D eigenvalue weighted by Crippen LogP contribution is 2.28. The number of carbonyl (C=O) groups excluding carboxylic acids is 1. The standard InChI is InChI=1S/C12H15NO2/c1-8-4-3-5-9(2)11(8)13-7-6-10(14)12(13)15/h3-5,10,14H,6-7H2,1-2H3. The van der Waals surface area contributed by atoms with Gasteiger partial charge in [0.25, 0.3) is 5.91 Å². The van der Waals surface area contributed by atoms with Crippen molar-refractivity contribution < 1.29 is 9.90 Å². The Morgan fingerprint density at radius 2 is 1.93 bits per heavy atom. The average molecular weight is 205 g/mol. The van der Waals surface area contributed by atoms with E-state index in [1.165, 1.54) is 0 Å². The van der Waals surface area contributed by atoms with E-state index in [0.29, 0.717) is 13.0 Å². The van der Waals surface area contributed by atoms with Crippen molar-refractivity contribution in [2.24, 2.45) is 0 Å². The average Bonchev–Trinajstić information content (AvgIpc) is 2.49. The van der Waals surface area contributed by atoms with Crippen LogP contribution in [-0.2, 0) is 4.79 Å². The predicted molar refractivity (Wildman–Crippen MR) is 58.9 cm³/mol. The number of aryl methyl sites for hydroxylation is 2. The molecule has 0 aromatic heterocycles. The Labute approximate surface area is 89.3 Å². The van der Waals surface area contributed by atoms with Gasteiger partial charge in [-0.15, -0.1) is 0 Å². The zero-order valence-electron chi connectivity index (χ0n) is 9.03. The number of benzene rings is 1. The molecule has 1 N–H and O–H groups in total. The third kappa shape index (κ3) is 1.63. The fourth-order valence-corrected chi connectivity index (χ4v) is 2.12. The van der Waals surface area contributed by atoms with Crippen molar-refractivity contribution in [1.29, 1.82) is 0 Å². The minimum Gasteiger partial charge on any atom is -0.383 e. The Bertz CT molecular complexity index is 380. The van der Waals surface area contributed by atoms with Crippen molar-refractivity contribution >= 4 is 11.6 Å². The zero-order chi connectivity index (χ0) is 11.0. The van der Waals surface area contributed by atoms with Crippen LogP contribution in [-0.4, -0.2) is 23.7 Å². The Morgan fingerprint density at radius 1 is 1.33 bits per heavy atom. The molecular weight excluding hydrogens is 190 g/mol. The molecule has 0 bridgehead atoms. The summed E-state index contributed by atoms with van der Waals surface area (Å²) in [7, 11) is 0. The number of rotatable bonds is 1. The first-order chi connectivity index (χ1) is 7.11. The second-order valence-corrected chi connectivity index (χ2v) is 4.03. The van der Waals surface area contributed by atoms with Gasteiger partial charge in [0, 0.05) is 18.7 Å². The molecule has 1 aliphatic rings. The van der Waals surface area contributed by atoms with Gasteiger partial charge in [-0.1, -0.05) is 18.2 Å². The second kappa shape index (κ2) is 3.66. The van der Waals surface area contributed by atoms with Gasteiger partial charge in [-0.2, -0.15) is 0 Å². The summed E-state index contributed by atoms with van der Waals surface area (Å²) in [6, 6.07) is 5.95. The third-order valence-electron chi connectivity index (χ3n) is 2.89. The molecule has 2 rings (SSSR count). The van der Waals surface area contributed by atoms with Crippen LogP contribution in [0.4, 0.5) is 5.69 Å². The fourth-order valence-electron chi connectivity index (χ4n) is 2.12. The number of amides is 1. The molecule has 1 amide bonds. The highest BCUT2D eigenvalue weighted by molar-refractivity contribution is 5.99. The van der Waals surface area contributed by atoms with Crippen LogP contribution in [0.5, 0.6) is 0 Å². The molecule has 3 nitrogen and oxygen atoms in total. The number of nitrogens with zero attached hydrogens (tertiary/aromatic N) is 1. The molecule has 0 spiro atoms. The quantitative estimate of drug-likeness (QED) is 0.753. The van der Waals surface area contributed by atoms with Gasteiger partial charge in [0.2, 0.25) is 0 Å². The van der Waals surface area contributed by atoms with E-state index in [-0.39, 0.29) is 5.91 Å². The van der Waals surface area contributed by atoms with Gasteiger partial charge in [-0.3, -0.25) is 4.79 Å². The van der Waals surface area contributed by atoms with E-state index in [2.05, 4.69) is 0 Å². The van der Waals surface area contributed by atoms with Crippen LogP contribution in [0, 0.1) is 13.8 Å². The molecular formula is C12H15NO2. The van der Waals surface area contributed by atoms with Crippen molar-refractivity contribution in [1.82, 2.24) is 0 Å². The van der Waals surface area contributed by atoms with E-state index in [1.807, 2.05) is 32.0 Å². The van der Waals surface area contributed by atoms with Gasteiger partial charge in [0.05, 0.1) is 0 Å². The lowest BCUT2D eigenvalue weighted by Crippen LogP contribution is -2.30. The van der Waals surface area contributed by atoms with Crippen LogP contribution in [0.3, 0.4) is 0 Å². The largest absolute Gasteiger partial charge is 0.383 e. The van der Waals surface area contributed by atoms with Crippen LogP contribution >= 0.6 is 0 Å². The maximum Gasteiger partial charge on any atom is 0.255 e. The smallest absolute Gasteiger partial charge is 0.255 e. The second-order valence-electron chi connectivity index (χ2n) is 4.03. The van der Waals surface area contributed by atoms with Crippen molar-refractivity contribution in [3.63, 3.8) is 0 Å². The minimum absolute atomic E-state index is 0.174. The Hall–Kier alpha value is -1.35. The molecule has 1 aromatic rings. The van der Waals surface area contributed by atoms with Crippen LogP contribution in [0.1, 0.15) is 17.5 Å². The number of carbonyl (C=O) groups is 1. The van der Waals surface area contributed by atoms with Gasteiger partial charge in [-0.25, -0.2) is 0 Å².